The smallest absolute Gasteiger partial charge is 0.224 e. The van der Waals surface area contributed by atoms with Crippen molar-refractivity contribution in [3.63, 3.8) is 0 Å². The van der Waals surface area contributed by atoms with E-state index in [1.54, 1.807) is 6.07 Å². The lowest BCUT2D eigenvalue weighted by molar-refractivity contribution is -0.120. The van der Waals surface area contributed by atoms with Crippen LogP contribution in [0.15, 0.2) is 18.2 Å². The minimum absolute atomic E-state index is 0.0328. The highest BCUT2D eigenvalue weighted by molar-refractivity contribution is 6.30. The molecule has 3 rings (SSSR count). The maximum atomic E-state index is 13.5. The summed E-state index contributed by atoms with van der Waals surface area (Å²) in [6.45, 7) is 3.78. The Morgan fingerprint density at radius 1 is 1.50 bits per heavy atom. The van der Waals surface area contributed by atoms with Gasteiger partial charge in [0.2, 0.25) is 5.91 Å². The summed E-state index contributed by atoms with van der Waals surface area (Å²) in [5, 5.41) is 10.1. The highest BCUT2D eigenvalue weighted by atomic mass is 35.5. The Kier molecular flexibility index (Phi) is 3.91. The molecule has 4 nitrogen and oxygen atoms in total. The van der Waals surface area contributed by atoms with E-state index in [0.29, 0.717) is 6.42 Å². The molecule has 2 N–H and O–H groups in total. The minimum Gasteiger partial charge on any atom is -0.352 e. The molecule has 0 spiro atoms. The molecular weight excluding hydrogens is 305 g/mol. The number of hydrogen-bond acceptors (Lipinski definition) is 2. The number of benzene rings is 1. The van der Waals surface area contributed by atoms with Crippen molar-refractivity contribution < 1.29 is 9.18 Å². The van der Waals surface area contributed by atoms with E-state index >= 15 is 0 Å². The minimum atomic E-state index is -0.416. The summed E-state index contributed by atoms with van der Waals surface area (Å²) < 4.78 is 13.5. The summed E-state index contributed by atoms with van der Waals surface area (Å²) in [6, 6.07) is 4.89. The van der Waals surface area contributed by atoms with E-state index in [-0.39, 0.29) is 22.9 Å². The van der Waals surface area contributed by atoms with Crippen molar-refractivity contribution in [2.75, 3.05) is 0 Å². The molecule has 1 heterocycles. The van der Waals surface area contributed by atoms with E-state index < -0.39 is 5.82 Å². The summed E-state index contributed by atoms with van der Waals surface area (Å²) in [7, 11) is 0. The molecule has 0 bridgehead atoms. The first kappa shape index (κ1) is 15.0. The molecule has 2 atom stereocenters. The Bertz CT molecular complexity index is 709. The van der Waals surface area contributed by atoms with Gasteiger partial charge in [-0.05, 0) is 38.0 Å². The molecule has 6 heteroatoms. The van der Waals surface area contributed by atoms with Gasteiger partial charge >= 0.3 is 0 Å². The number of carbonyl (C=O) groups is 1. The van der Waals surface area contributed by atoms with Gasteiger partial charge in [-0.25, -0.2) is 4.39 Å². The third-order valence-electron chi connectivity index (χ3n) is 4.13. The summed E-state index contributed by atoms with van der Waals surface area (Å²) in [5.74, 6) is -0.280. The van der Waals surface area contributed by atoms with E-state index in [4.69, 9.17) is 11.6 Å². The summed E-state index contributed by atoms with van der Waals surface area (Å²) in [6.07, 6.45) is 1.14. The van der Waals surface area contributed by atoms with Crippen molar-refractivity contribution in [1.82, 2.24) is 15.5 Å². The highest BCUT2D eigenvalue weighted by Crippen LogP contribution is 2.41. The van der Waals surface area contributed by atoms with E-state index in [0.717, 1.165) is 28.9 Å². The van der Waals surface area contributed by atoms with Crippen LogP contribution in [0.25, 0.3) is 0 Å². The molecule has 1 aliphatic rings. The van der Waals surface area contributed by atoms with Crippen LogP contribution in [0.4, 0.5) is 4.39 Å². The predicted molar refractivity (Wildman–Crippen MR) is 82.5 cm³/mol. The van der Waals surface area contributed by atoms with Crippen LogP contribution in [0, 0.1) is 19.7 Å². The van der Waals surface area contributed by atoms with Crippen LogP contribution in [-0.2, 0) is 11.2 Å². The lowest BCUT2D eigenvalue weighted by Gasteiger charge is -2.06. The number of nitrogens with zero attached hydrogens (tertiary/aromatic N) is 1. The predicted octanol–water partition coefficient (Wildman–Crippen LogP) is 3.03. The van der Waals surface area contributed by atoms with Gasteiger partial charge in [0.05, 0.1) is 17.1 Å². The molecular formula is C16H17ClFN3O. The number of carbonyl (C=O) groups excluding carboxylic acids is 1. The Hall–Kier alpha value is -1.88. The van der Waals surface area contributed by atoms with E-state index in [1.807, 2.05) is 19.9 Å². The molecule has 116 valence electrons. The normalized spacial score (nSPS) is 20.0. The van der Waals surface area contributed by atoms with Crippen LogP contribution in [0.5, 0.6) is 0 Å². The van der Waals surface area contributed by atoms with Gasteiger partial charge in [-0.3, -0.25) is 9.89 Å². The second-order valence-corrected chi connectivity index (χ2v) is 6.19. The zero-order chi connectivity index (χ0) is 15.9. The molecule has 1 amide bonds. The first-order valence-electron chi connectivity index (χ1n) is 7.20. The Balaban J connectivity index is 1.59. The first-order chi connectivity index (χ1) is 10.5. The lowest BCUT2D eigenvalue weighted by atomic mass is 10.1. The zero-order valence-corrected chi connectivity index (χ0v) is 13.2. The number of aromatic amines is 1. The SMILES string of the molecule is Cc1n[nH]c(C)c1CC(=O)N[C@@H]1C[C@H]1c1ccc(Cl)c(F)c1. The number of halogens is 2. The Labute approximate surface area is 133 Å². The fourth-order valence-corrected chi connectivity index (χ4v) is 2.84. The van der Waals surface area contributed by atoms with Gasteiger partial charge in [-0.15, -0.1) is 0 Å². The zero-order valence-electron chi connectivity index (χ0n) is 12.4. The number of aromatic nitrogens is 2. The molecule has 0 saturated heterocycles. The van der Waals surface area contributed by atoms with Gasteiger partial charge in [-0.2, -0.15) is 5.10 Å². The van der Waals surface area contributed by atoms with E-state index in [2.05, 4.69) is 15.5 Å². The van der Waals surface area contributed by atoms with Crippen LogP contribution in [-0.4, -0.2) is 22.1 Å². The topological polar surface area (TPSA) is 57.8 Å². The second-order valence-electron chi connectivity index (χ2n) is 5.78. The third-order valence-corrected chi connectivity index (χ3v) is 4.43. The fourth-order valence-electron chi connectivity index (χ4n) is 2.72. The summed E-state index contributed by atoms with van der Waals surface area (Å²) >= 11 is 5.68. The molecule has 2 aromatic rings. The maximum Gasteiger partial charge on any atom is 0.224 e. The van der Waals surface area contributed by atoms with Gasteiger partial charge in [-0.1, -0.05) is 17.7 Å². The molecule has 1 aliphatic carbocycles. The van der Waals surface area contributed by atoms with Gasteiger partial charge < -0.3 is 5.32 Å². The van der Waals surface area contributed by atoms with Crippen molar-refractivity contribution in [1.29, 1.82) is 0 Å². The van der Waals surface area contributed by atoms with Crippen molar-refractivity contribution in [3.8, 4) is 0 Å². The number of H-pyrrole nitrogens is 1. The fraction of sp³-hybridized carbons (Fsp3) is 0.375. The molecule has 1 aromatic heterocycles. The summed E-state index contributed by atoms with van der Waals surface area (Å²) in [4.78, 5) is 12.1. The molecule has 1 saturated carbocycles. The average Bonchev–Trinajstić information content (AvgIpc) is 3.16. The number of rotatable bonds is 4. The third kappa shape index (κ3) is 2.99. The number of nitrogens with one attached hydrogen (secondary N) is 2. The van der Waals surface area contributed by atoms with Crippen molar-refractivity contribution in [2.24, 2.45) is 0 Å². The Morgan fingerprint density at radius 3 is 2.91 bits per heavy atom. The van der Waals surface area contributed by atoms with Crippen LogP contribution in [0.1, 0.15) is 34.9 Å². The molecule has 22 heavy (non-hydrogen) atoms. The largest absolute Gasteiger partial charge is 0.352 e. The second kappa shape index (κ2) is 5.72. The van der Waals surface area contributed by atoms with Crippen molar-refractivity contribution >= 4 is 17.5 Å². The molecule has 1 fully saturated rings. The quantitative estimate of drug-likeness (QED) is 0.909. The van der Waals surface area contributed by atoms with Crippen LogP contribution in [0.3, 0.4) is 0 Å². The maximum absolute atomic E-state index is 13.5. The van der Waals surface area contributed by atoms with Crippen molar-refractivity contribution in [2.45, 2.75) is 38.6 Å². The van der Waals surface area contributed by atoms with Crippen LogP contribution in [0.2, 0.25) is 5.02 Å². The van der Waals surface area contributed by atoms with Gasteiger partial charge in [0.25, 0.3) is 0 Å². The number of hydrogen-bond donors (Lipinski definition) is 2. The number of aryl methyl sites for hydroxylation is 2. The van der Waals surface area contributed by atoms with Crippen LogP contribution < -0.4 is 5.32 Å². The molecule has 0 aliphatic heterocycles. The van der Waals surface area contributed by atoms with Crippen molar-refractivity contribution in [3.05, 3.63) is 51.6 Å². The standard InChI is InChI=1S/C16H17ClFN3O/c1-8-11(9(2)21-20-8)7-16(22)19-15-6-12(15)10-3-4-13(17)14(18)5-10/h3-5,12,15H,6-7H2,1-2H3,(H,19,22)(H,20,21)/t12-,15+/m0/s1. The van der Waals surface area contributed by atoms with Crippen LogP contribution >= 0.6 is 11.6 Å². The van der Waals surface area contributed by atoms with Gasteiger partial charge in [0.1, 0.15) is 5.82 Å². The lowest BCUT2D eigenvalue weighted by Crippen LogP contribution is -2.28. The molecule has 1 aromatic carbocycles. The molecule has 0 radical (unpaired) electrons. The first-order valence-corrected chi connectivity index (χ1v) is 7.58. The summed E-state index contributed by atoms with van der Waals surface area (Å²) in [5.41, 5.74) is 3.58. The number of amides is 1. The monoisotopic (exact) mass is 321 g/mol. The van der Waals surface area contributed by atoms with Gasteiger partial charge in [0, 0.05) is 23.2 Å². The average molecular weight is 322 g/mol. The molecule has 0 unspecified atom stereocenters. The Morgan fingerprint density at radius 2 is 2.27 bits per heavy atom. The van der Waals surface area contributed by atoms with Gasteiger partial charge in [0.15, 0.2) is 0 Å². The van der Waals surface area contributed by atoms with E-state index in [9.17, 15) is 9.18 Å². The highest BCUT2D eigenvalue weighted by Gasteiger charge is 2.39. The van der Waals surface area contributed by atoms with E-state index in [1.165, 1.54) is 6.07 Å².